The van der Waals surface area contributed by atoms with Gasteiger partial charge in [-0.05, 0) is 70.2 Å². The third-order valence-corrected chi connectivity index (χ3v) is 7.19. The number of anilines is 1. The molecule has 1 aliphatic carbocycles. The zero-order chi connectivity index (χ0) is 27.0. The van der Waals surface area contributed by atoms with E-state index in [1.807, 2.05) is 37.5 Å². The number of aliphatic hydroxyl groups excluding tert-OH is 2. The summed E-state index contributed by atoms with van der Waals surface area (Å²) in [6.07, 6.45) is 2.52. The molecule has 9 nitrogen and oxygen atoms in total. The molecule has 0 saturated heterocycles. The standard InChI is InChI=1S/C28H34FN5O4/c1-17(2)34-26-24(27(36)32(28(34)37)14-5-15-35)33(16-19-8-10-20(29)11-9-19)25(31-26)22-12-13-23(30-18(22)3)38-21-6-4-7-21/h8-13,17,21,28,35,37H,4-7,14-16H2,1-3H3. The molecule has 5 rings (SSSR count). The first-order chi connectivity index (χ1) is 18.3. The molecule has 2 aliphatic rings. The number of aryl methyl sites for hydroxylation is 1. The maximum Gasteiger partial charge on any atom is 0.277 e. The van der Waals surface area contributed by atoms with Gasteiger partial charge in [-0.3, -0.25) is 9.69 Å². The van der Waals surface area contributed by atoms with Crippen LogP contribution in [-0.2, 0) is 6.54 Å². The molecule has 2 aromatic heterocycles. The van der Waals surface area contributed by atoms with Crippen molar-refractivity contribution in [3.63, 3.8) is 0 Å². The van der Waals surface area contributed by atoms with Crippen molar-refractivity contribution < 1.29 is 24.1 Å². The van der Waals surface area contributed by atoms with Crippen molar-refractivity contribution in [1.82, 2.24) is 19.4 Å². The minimum Gasteiger partial charge on any atom is -0.474 e. The number of carbonyl (C=O) groups is 1. The Balaban J connectivity index is 1.64. The van der Waals surface area contributed by atoms with Crippen molar-refractivity contribution in [3.05, 3.63) is 59.2 Å². The molecular formula is C28H34FN5O4. The lowest BCUT2D eigenvalue weighted by Gasteiger charge is -2.42. The van der Waals surface area contributed by atoms with E-state index in [2.05, 4.69) is 4.98 Å². The van der Waals surface area contributed by atoms with Crippen LogP contribution in [0.25, 0.3) is 11.4 Å². The number of fused-ring (bicyclic) bond motifs is 1. The summed E-state index contributed by atoms with van der Waals surface area (Å²) in [4.78, 5) is 26.4. The Bertz CT molecular complexity index is 1310. The van der Waals surface area contributed by atoms with Crippen LogP contribution in [0.2, 0.25) is 0 Å². The number of nitrogens with zero attached hydrogens (tertiary/aromatic N) is 5. The second-order valence-electron chi connectivity index (χ2n) is 10.2. The summed E-state index contributed by atoms with van der Waals surface area (Å²) >= 11 is 0. The fraction of sp³-hybridized carbons (Fsp3) is 0.464. The lowest BCUT2D eigenvalue weighted by molar-refractivity contribution is -0.00459. The number of aromatic nitrogens is 3. The highest BCUT2D eigenvalue weighted by molar-refractivity contribution is 6.00. The van der Waals surface area contributed by atoms with E-state index in [0.717, 1.165) is 30.4 Å². The summed E-state index contributed by atoms with van der Waals surface area (Å²) < 4.78 is 21.4. The quantitative estimate of drug-likeness (QED) is 0.441. The molecule has 202 valence electrons. The summed E-state index contributed by atoms with van der Waals surface area (Å²) in [6.45, 7) is 6.06. The third-order valence-electron chi connectivity index (χ3n) is 7.19. The van der Waals surface area contributed by atoms with Crippen molar-refractivity contribution in [3.8, 4) is 17.3 Å². The van der Waals surface area contributed by atoms with E-state index in [1.54, 1.807) is 17.0 Å². The van der Waals surface area contributed by atoms with Gasteiger partial charge in [-0.25, -0.2) is 14.4 Å². The molecule has 2 N–H and O–H groups in total. The topological polar surface area (TPSA) is 104 Å². The smallest absolute Gasteiger partial charge is 0.277 e. The van der Waals surface area contributed by atoms with Crippen LogP contribution < -0.4 is 9.64 Å². The lowest BCUT2D eigenvalue weighted by Crippen LogP contribution is -2.58. The summed E-state index contributed by atoms with van der Waals surface area (Å²) in [6, 6.07) is 9.68. The highest BCUT2D eigenvalue weighted by Crippen LogP contribution is 2.37. The van der Waals surface area contributed by atoms with Crippen molar-refractivity contribution in [2.45, 2.75) is 71.5 Å². The Hall–Kier alpha value is -3.50. The van der Waals surface area contributed by atoms with Crippen LogP contribution in [0.4, 0.5) is 10.2 Å². The zero-order valence-corrected chi connectivity index (χ0v) is 22.0. The van der Waals surface area contributed by atoms with Gasteiger partial charge >= 0.3 is 0 Å². The van der Waals surface area contributed by atoms with Gasteiger partial charge in [0.25, 0.3) is 5.91 Å². The minimum absolute atomic E-state index is 0.106. The van der Waals surface area contributed by atoms with E-state index in [4.69, 9.17) is 9.72 Å². The van der Waals surface area contributed by atoms with Crippen LogP contribution in [0.15, 0.2) is 36.4 Å². The van der Waals surface area contributed by atoms with Gasteiger partial charge in [0.05, 0.1) is 5.69 Å². The fourth-order valence-corrected chi connectivity index (χ4v) is 4.93. The Kier molecular flexibility index (Phi) is 7.36. The summed E-state index contributed by atoms with van der Waals surface area (Å²) in [7, 11) is 0. The van der Waals surface area contributed by atoms with Crippen LogP contribution >= 0.6 is 0 Å². The van der Waals surface area contributed by atoms with Gasteiger partial charge in [0.2, 0.25) is 12.2 Å². The van der Waals surface area contributed by atoms with Crippen molar-refractivity contribution in [2.75, 3.05) is 18.1 Å². The van der Waals surface area contributed by atoms with E-state index < -0.39 is 6.35 Å². The fourth-order valence-electron chi connectivity index (χ4n) is 4.93. The number of amides is 1. The molecule has 0 radical (unpaired) electrons. The van der Waals surface area contributed by atoms with Crippen LogP contribution in [-0.4, -0.2) is 67.2 Å². The van der Waals surface area contributed by atoms with Crippen molar-refractivity contribution in [2.24, 2.45) is 0 Å². The SMILES string of the molecule is Cc1nc(OC2CCC2)ccc1-c1nc2c(n1Cc1ccc(F)cc1)C(=O)N(CCCO)C(O)N2C(C)C. The number of hydrogen-bond donors (Lipinski definition) is 2. The molecule has 1 fully saturated rings. The molecule has 3 heterocycles. The van der Waals surface area contributed by atoms with Crippen molar-refractivity contribution >= 4 is 11.7 Å². The molecule has 10 heteroatoms. The molecule has 1 atom stereocenters. The van der Waals surface area contributed by atoms with Gasteiger partial charge in [0, 0.05) is 37.4 Å². The molecule has 0 bridgehead atoms. The zero-order valence-electron chi connectivity index (χ0n) is 22.0. The lowest BCUT2D eigenvalue weighted by atomic mass is 9.96. The van der Waals surface area contributed by atoms with E-state index in [1.165, 1.54) is 17.0 Å². The van der Waals surface area contributed by atoms with E-state index in [0.29, 0.717) is 35.3 Å². The van der Waals surface area contributed by atoms with E-state index >= 15 is 0 Å². The highest BCUT2D eigenvalue weighted by atomic mass is 19.1. The predicted octanol–water partition coefficient (Wildman–Crippen LogP) is 3.70. The van der Waals surface area contributed by atoms with E-state index in [9.17, 15) is 19.4 Å². The summed E-state index contributed by atoms with van der Waals surface area (Å²) in [5.74, 6) is 0.736. The number of rotatable bonds is 9. The predicted molar refractivity (Wildman–Crippen MR) is 140 cm³/mol. The first-order valence-corrected chi connectivity index (χ1v) is 13.2. The molecule has 1 unspecified atom stereocenters. The molecular weight excluding hydrogens is 489 g/mol. The van der Waals surface area contributed by atoms with Gasteiger partial charge in [0.1, 0.15) is 17.7 Å². The maximum atomic E-state index is 13.8. The first kappa shape index (κ1) is 26.1. The number of halogens is 1. The second-order valence-corrected chi connectivity index (χ2v) is 10.2. The highest BCUT2D eigenvalue weighted by Gasteiger charge is 2.42. The minimum atomic E-state index is -1.22. The van der Waals surface area contributed by atoms with Gasteiger partial charge in [-0.2, -0.15) is 0 Å². The number of carbonyl (C=O) groups excluding carboxylic acids is 1. The van der Waals surface area contributed by atoms with E-state index in [-0.39, 0.29) is 43.6 Å². The Morgan fingerprint density at radius 2 is 1.87 bits per heavy atom. The van der Waals surface area contributed by atoms with Crippen molar-refractivity contribution in [1.29, 1.82) is 0 Å². The molecule has 38 heavy (non-hydrogen) atoms. The largest absolute Gasteiger partial charge is 0.474 e. The number of aliphatic hydroxyl groups is 2. The monoisotopic (exact) mass is 523 g/mol. The first-order valence-electron chi connectivity index (χ1n) is 13.2. The Morgan fingerprint density at radius 1 is 1.13 bits per heavy atom. The molecule has 1 saturated carbocycles. The van der Waals surface area contributed by atoms with Gasteiger partial charge in [0.15, 0.2) is 11.5 Å². The summed E-state index contributed by atoms with van der Waals surface area (Å²) in [5.41, 5.74) is 2.55. The normalized spacial score (nSPS) is 17.7. The number of ether oxygens (including phenoxy) is 1. The number of benzene rings is 1. The molecule has 0 spiro atoms. The molecule has 3 aromatic rings. The second kappa shape index (κ2) is 10.7. The van der Waals surface area contributed by atoms with Gasteiger partial charge in [-0.15, -0.1) is 0 Å². The molecule has 1 aromatic carbocycles. The van der Waals surface area contributed by atoms with Crippen LogP contribution in [0, 0.1) is 12.7 Å². The van der Waals surface area contributed by atoms with Crippen LogP contribution in [0.5, 0.6) is 5.88 Å². The maximum absolute atomic E-state index is 13.8. The van der Waals surface area contributed by atoms with Gasteiger partial charge in [-0.1, -0.05) is 12.1 Å². The van der Waals surface area contributed by atoms with Gasteiger partial charge < -0.3 is 24.4 Å². The van der Waals surface area contributed by atoms with Crippen LogP contribution in [0.3, 0.4) is 0 Å². The molecule has 1 amide bonds. The summed E-state index contributed by atoms with van der Waals surface area (Å²) in [5, 5.41) is 20.6. The number of hydrogen-bond acceptors (Lipinski definition) is 7. The van der Waals surface area contributed by atoms with Crippen LogP contribution in [0.1, 0.15) is 61.3 Å². The third kappa shape index (κ3) is 4.86. The molecule has 1 aliphatic heterocycles. The average molecular weight is 524 g/mol. The number of pyridine rings is 1. The Labute approximate surface area is 221 Å². The average Bonchev–Trinajstić information content (AvgIpc) is 3.21. The Morgan fingerprint density at radius 3 is 2.47 bits per heavy atom. The number of imidazole rings is 1.